The highest BCUT2D eigenvalue weighted by Gasteiger charge is 2.48. The summed E-state index contributed by atoms with van der Waals surface area (Å²) in [6, 6.07) is 0. The van der Waals surface area contributed by atoms with Crippen molar-refractivity contribution in [2.45, 2.75) is 51.2 Å². The number of likely N-dealkylation sites (N-methyl/N-ethyl adjacent to an activating group) is 1. The van der Waals surface area contributed by atoms with Gasteiger partial charge in [0.1, 0.15) is 36.3 Å². The molecule has 0 unspecified atom stereocenters. The van der Waals surface area contributed by atoms with E-state index in [0.29, 0.717) is 11.6 Å². The second-order valence-electron chi connectivity index (χ2n) is 7.02. The Morgan fingerprint density at radius 2 is 1.93 bits per heavy atom. The lowest BCUT2D eigenvalue weighted by Gasteiger charge is -2.31. The Bertz CT molecular complexity index is 625. The van der Waals surface area contributed by atoms with E-state index in [2.05, 4.69) is 27.9 Å². The van der Waals surface area contributed by atoms with E-state index in [4.69, 9.17) is 19.9 Å². The summed E-state index contributed by atoms with van der Waals surface area (Å²) in [5.74, 6) is 1.16. The third-order valence-corrected chi connectivity index (χ3v) is 4.71. The topological polar surface area (TPSA) is 86.0 Å². The summed E-state index contributed by atoms with van der Waals surface area (Å²) >= 11 is 0. The maximum absolute atomic E-state index is 6.40. The Labute approximate surface area is 162 Å². The molecule has 0 saturated carbocycles. The number of methoxy groups -OCH3 is 2. The average Bonchev–Trinajstić information content (AvgIpc) is 2.97. The summed E-state index contributed by atoms with van der Waals surface area (Å²) in [4.78, 5) is 12.6. The smallest absolute Gasteiger partial charge is 0.164 e. The standard InChI is InChI=1S/C19H33N5O3/c1-7-8-9-10-24(18-13(2)17(20)21-12-22-18)19-16(26-6)15(25-5)14(27-19)11-23(3)4/h9-10,12,14-16,19H,7-8,11H2,1-6H3,(H2,20,21,22)/b10-9+/t14-,15-,16-,19-/m1/s1. The van der Waals surface area contributed by atoms with Gasteiger partial charge in [-0.15, -0.1) is 0 Å². The van der Waals surface area contributed by atoms with Gasteiger partial charge in [-0.05, 0) is 27.4 Å². The second kappa shape index (κ2) is 9.98. The van der Waals surface area contributed by atoms with E-state index in [-0.39, 0.29) is 24.5 Å². The number of unbranched alkanes of at least 4 members (excludes halogenated alkanes) is 1. The van der Waals surface area contributed by atoms with Gasteiger partial charge in [0.25, 0.3) is 0 Å². The molecule has 8 heteroatoms. The molecule has 2 rings (SSSR count). The summed E-state index contributed by atoms with van der Waals surface area (Å²) < 4.78 is 17.9. The molecular weight excluding hydrogens is 346 g/mol. The molecule has 0 amide bonds. The highest BCUT2D eigenvalue weighted by Crippen LogP contribution is 2.33. The molecule has 8 nitrogen and oxygen atoms in total. The SMILES string of the molecule is CCC/C=C/N(c1ncnc(N)c1C)[C@@H]1O[C@H](CN(C)C)[C@@H](OC)[C@H]1OC. The van der Waals surface area contributed by atoms with Gasteiger partial charge in [0.2, 0.25) is 0 Å². The highest BCUT2D eigenvalue weighted by atomic mass is 16.6. The van der Waals surface area contributed by atoms with Crippen LogP contribution in [0.1, 0.15) is 25.3 Å². The van der Waals surface area contributed by atoms with Crippen LogP contribution in [0.5, 0.6) is 0 Å². The number of hydrogen-bond donors (Lipinski definition) is 1. The molecular formula is C19H33N5O3. The molecule has 27 heavy (non-hydrogen) atoms. The summed E-state index contributed by atoms with van der Waals surface area (Å²) in [5.41, 5.74) is 6.83. The van der Waals surface area contributed by atoms with E-state index in [1.165, 1.54) is 6.33 Å². The summed E-state index contributed by atoms with van der Waals surface area (Å²) in [6.07, 6.45) is 6.61. The van der Waals surface area contributed by atoms with E-state index in [1.54, 1.807) is 14.2 Å². The molecule has 0 aromatic carbocycles. The number of allylic oxidation sites excluding steroid dienone is 1. The lowest BCUT2D eigenvalue weighted by molar-refractivity contribution is -0.0307. The number of nitrogens with zero attached hydrogens (tertiary/aromatic N) is 4. The summed E-state index contributed by atoms with van der Waals surface area (Å²) in [7, 11) is 7.40. The number of hydrogen-bond acceptors (Lipinski definition) is 8. The van der Waals surface area contributed by atoms with Crippen LogP contribution < -0.4 is 10.6 Å². The van der Waals surface area contributed by atoms with Crippen LogP contribution in [0.15, 0.2) is 18.6 Å². The van der Waals surface area contributed by atoms with Crippen molar-refractivity contribution in [2.75, 3.05) is 45.5 Å². The molecule has 0 bridgehead atoms. The fraction of sp³-hybridized carbons (Fsp3) is 0.684. The molecule has 0 aliphatic carbocycles. The van der Waals surface area contributed by atoms with Gasteiger partial charge in [-0.2, -0.15) is 0 Å². The minimum absolute atomic E-state index is 0.124. The first-order valence-corrected chi connectivity index (χ1v) is 9.32. The van der Waals surface area contributed by atoms with E-state index in [9.17, 15) is 0 Å². The maximum Gasteiger partial charge on any atom is 0.164 e. The van der Waals surface area contributed by atoms with Crippen molar-refractivity contribution in [1.29, 1.82) is 0 Å². The van der Waals surface area contributed by atoms with Gasteiger partial charge in [0, 0.05) is 32.5 Å². The molecule has 1 fully saturated rings. The molecule has 1 saturated heterocycles. The first-order chi connectivity index (χ1) is 12.9. The molecule has 0 spiro atoms. The largest absolute Gasteiger partial charge is 0.383 e. The second-order valence-corrected chi connectivity index (χ2v) is 7.02. The van der Waals surface area contributed by atoms with Crippen LogP contribution in [-0.4, -0.2) is 74.3 Å². The van der Waals surface area contributed by atoms with Crippen molar-refractivity contribution in [2.24, 2.45) is 0 Å². The average molecular weight is 380 g/mol. The van der Waals surface area contributed by atoms with Gasteiger partial charge in [0.05, 0.1) is 0 Å². The van der Waals surface area contributed by atoms with Gasteiger partial charge in [-0.3, -0.25) is 0 Å². The van der Waals surface area contributed by atoms with E-state index in [0.717, 1.165) is 24.9 Å². The molecule has 0 radical (unpaired) electrons. The number of nitrogen functional groups attached to an aromatic ring is 1. The number of ether oxygens (including phenoxy) is 3. The van der Waals surface area contributed by atoms with Gasteiger partial charge in [-0.1, -0.05) is 19.4 Å². The van der Waals surface area contributed by atoms with Gasteiger partial charge in [0.15, 0.2) is 6.23 Å². The third-order valence-electron chi connectivity index (χ3n) is 4.71. The van der Waals surface area contributed by atoms with Crippen LogP contribution in [-0.2, 0) is 14.2 Å². The first-order valence-electron chi connectivity index (χ1n) is 9.32. The first kappa shape index (κ1) is 21.6. The zero-order valence-electron chi connectivity index (χ0n) is 17.3. The van der Waals surface area contributed by atoms with Crippen LogP contribution in [0.3, 0.4) is 0 Å². The molecule has 152 valence electrons. The van der Waals surface area contributed by atoms with Crippen LogP contribution in [0.4, 0.5) is 11.6 Å². The predicted molar refractivity (Wildman–Crippen MR) is 107 cm³/mol. The van der Waals surface area contributed by atoms with Crippen molar-refractivity contribution in [3.05, 3.63) is 24.2 Å². The van der Waals surface area contributed by atoms with Crippen LogP contribution in [0.25, 0.3) is 0 Å². The van der Waals surface area contributed by atoms with Crippen molar-refractivity contribution in [3.8, 4) is 0 Å². The fourth-order valence-electron chi connectivity index (χ4n) is 3.32. The molecule has 1 aliphatic rings. The fourth-order valence-corrected chi connectivity index (χ4v) is 3.32. The Balaban J connectivity index is 2.42. The Hall–Kier alpha value is -1.74. The third kappa shape index (κ3) is 4.95. The number of rotatable bonds is 9. The van der Waals surface area contributed by atoms with E-state index < -0.39 is 0 Å². The zero-order valence-corrected chi connectivity index (χ0v) is 17.3. The summed E-state index contributed by atoms with van der Waals surface area (Å²) in [6.45, 7) is 4.78. The number of anilines is 2. The highest BCUT2D eigenvalue weighted by molar-refractivity contribution is 5.58. The van der Waals surface area contributed by atoms with Gasteiger partial charge >= 0.3 is 0 Å². The van der Waals surface area contributed by atoms with Crippen molar-refractivity contribution >= 4 is 11.6 Å². The van der Waals surface area contributed by atoms with E-state index in [1.807, 2.05) is 32.1 Å². The minimum Gasteiger partial charge on any atom is -0.383 e. The lowest BCUT2D eigenvalue weighted by atomic mass is 10.1. The number of nitrogens with two attached hydrogens (primary N) is 1. The van der Waals surface area contributed by atoms with Crippen molar-refractivity contribution in [1.82, 2.24) is 14.9 Å². The van der Waals surface area contributed by atoms with Crippen LogP contribution in [0.2, 0.25) is 0 Å². The molecule has 2 N–H and O–H groups in total. The normalized spacial score (nSPS) is 25.6. The van der Waals surface area contributed by atoms with Gasteiger partial charge in [-0.25, -0.2) is 9.97 Å². The lowest BCUT2D eigenvalue weighted by Crippen LogP contribution is -2.44. The van der Waals surface area contributed by atoms with Crippen LogP contribution in [0, 0.1) is 6.92 Å². The maximum atomic E-state index is 6.40. The monoisotopic (exact) mass is 379 g/mol. The van der Waals surface area contributed by atoms with Gasteiger partial charge < -0.3 is 29.7 Å². The molecule has 1 aromatic heterocycles. The van der Waals surface area contributed by atoms with Crippen molar-refractivity contribution < 1.29 is 14.2 Å². The zero-order chi connectivity index (χ0) is 20.0. The van der Waals surface area contributed by atoms with Crippen LogP contribution >= 0.6 is 0 Å². The molecule has 4 atom stereocenters. The Kier molecular flexibility index (Phi) is 7.97. The Morgan fingerprint density at radius 3 is 2.52 bits per heavy atom. The summed E-state index contributed by atoms with van der Waals surface area (Å²) in [5, 5.41) is 0. The molecule has 2 heterocycles. The Morgan fingerprint density at radius 1 is 1.22 bits per heavy atom. The van der Waals surface area contributed by atoms with Crippen molar-refractivity contribution in [3.63, 3.8) is 0 Å². The minimum atomic E-state index is -0.383. The van der Waals surface area contributed by atoms with E-state index >= 15 is 0 Å². The predicted octanol–water partition coefficient (Wildman–Crippen LogP) is 1.80. The molecule has 1 aliphatic heterocycles. The number of aromatic nitrogens is 2. The molecule has 1 aromatic rings. The quantitative estimate of drug-likeness (QED) is 0.695.